The van der Waals surface area contributed by atoms with Crippen molar-refractivity contribution in [1.82, 2.24) is 4.90 Å². The molecule has 0 aromatic heterocycles. The van der Waals surface area contributed by atoms with Gasteiger partial charge in [0.1, 0.15) is 6.61 Å². The lowest BCUT2D eigenvalue weighted by Crippen LogP contribution is -2.31. The molecule has 0 aliphatic carbocycles. The van der Waals surface area contributed by atoms with Gasteiger partial charge < -0.3 is 9.64 Å². The highest BCUT2D eigenvalue weighted by molar-refractivity contribution is 5.98. The molecule has 0 N–H and O–H groups in total. The zero-order valence-corrected chi connectivity index (χ0v) is 13.4. The van der Waals surface area contributed by atoms with Crippen LogP contribution in [-0.4, -0.2) is 31.0 Å². The van der Waals surface area contributed by atoms with Crippen molar-refractivity contribution < 1.29 is 9.53 Å². The summed E-state index contributed by atoms with van der Waals surface area (Å²) in [6, 6.07) is 19.9. The number of hydrogen-bond donors (Lipinski definition) is 0. The highest BCUT2D eigenvalue weighted by Crippen LogP contribution is 2.27. The standard InChI is InChI=1S/C20H21NO2/c1-21-13-12-18(17-10-6-3-7-11-17)19(14-21)20(22)23-15-16-8-4-2-5-9-16/h2-11H,12-15H2,1H3. The van der Waals surface area contributed by atoms with Gasteiger partial charge in [0.2, 0.25) is 0 Å². The molecule has 0 spiro atoms. The number of esters is 1. The first kappa shape index (κ1) is 15.5. The minimum Gasteiger partial charge on any atom is -0.457 e. The van der Waals surface area contributed by atoms with Crippen LogP contribution in [-0.2, 0) is 16.1 Å². The van der Waals surface area contributed by atoms with E-state index in [2.05, 4.69) is 17.0 Å². The predicted octanol–water partition coefficient (Wildman–Crippen LogP) is 3.52. The van der Waals surface area contributed by atoms with E-state index in [0.29, 0.717) is 13.2 Å². The molecule has 0 atom stereocenters. The molecule has 0 saturated carbocycles. The number of nitrogens with zero attached hydrogens (tertiary/aromatic N) is 1. The summed E-state index contributed by atoms with van der Waals surface area (Å²) < 4.78 is 5.54. The van der Waals surface area contributed by atoms with Crippen LogP contribution in [0.1, 0.15) is 17.5 Å². The molecule has 0 unspecified atom stereocenters. The van der Waals surface area contributed by atoms with E-state index < -0.39 is 0 Å². The summed E-state index contributed by atoms with van der Waals surface area (Å²) in [5, 5.41) is 0. The Morgan fingerprint density at radius 3 is 2.39 bits per heavy atom. The van der Waals surface area contributed by atoms with Gasteiger partial charge in [-0.3, -0.25) is 0 Å². The third-order valence-corrected chi connectivity index (χ3v) is 4.12. The van der Waals surface area contributed by atoms with Crippen LogP contribution < -0.4 is 0 Å². The van der Waals surface area contributed by atoms with Gasteiger partial charge in [0.15, 0.2) is 0 Å². The normalized spacial score (nSPS) is 15.5. The number of likely N-dealkylation sites (N-methyl/N-ethyl adjacent to an activating group) is 1. The molecule has 0 amide bonds. The quantitative estimate of drug-likeness (QED) is 0.810. The summed E-state index contributed by atoms with van der Waals surface area (Å²) >= 11 is 0. The Balaban J connectivity index is 1.81. The van der Waals surface area contributed by atoms with Gasteiger partial charge >= 0.3 is 5.97 Å². The van der Waals surface area contributed by atoms with Crippen LogP contribution in [0.25, 0.3) is 5.57 Å². The molecule has 1 heterocycles. The summed E-state index contributed by atoms with van der Waals surface area (Å²) in [6.45, 7) is 1.91. The van der Waals surface area contributed by atoms with Crippen molar-refractivity contribution in [3.05, 3.63) is 77.4 Å². The van der Waals surface area contributed by atoms with Crippen LogP contribution in [0.15, 0.2) is 66.2 Å². The van der Waals surface area contributed by atoms with Crippen molar-refractivity contribution in [2.75, 3.05) is 20.1 Å². The molecule has 3 rings (SSSR count). The zero-order chi connectivity index (χ0) is 16.1. The lowest BCUT2D eigenvalue weighted by atomic mass is 9.93. The number of ether oxygens (including phenoxy) is 1. The van der Waals surface area contributed by atoms with Crippen molar-refractivity contribution >= 4 is 11.5 Å². The van der Waals surface area contributed by atoms with Gasteiger partial charge in [-0.05, 0) is 30.2 Å². The van der Waals surface area contributed by atoms with E-state index in [1.807, 2.05) is 55.6 Å². The van der Waals surface area contributed by atoms with Crippen LogP contribution in [0.5, 0.6) is 0 Å². The molecule has 118 valence electrons. The van der Waals surface area contributed by atoms with E-state index >= 15 is 0 Å². The first-order valence-corrected chi connectivity index (χ1v) is 7.91. The molecular formula is C20H21NO2. The van der Waals surface area contributed by atoms with E-state index in [1.54, 1.807) is 0 Å². The first-order chi connectivity index (χ1) is 11.2. The third-order valence-electron chi connectivity index (χ3n) is 4.12. The van der Waals surface area contributed by atoms with Crippen molar-refractivity contribution in [3.8, 4) is 0 Å². The minimum absolute atomic E-state index is 0.209. The predicted molar refractivity (Wildman–Crippen MR) is 91.7 cm³/mol. The van der Waals surface area contributed by atoms with E-state index in [-0.39, 0.29) is 5.97 Å². The number of benzene rings is 2. The van der Waals surface area contributed by atoms with Crippen LogP contribution in [0.4, 0.5) is 0 Å². The number of carbonyl (C=O) groups is 1. The second-order valence-corrected chi connectivity index (χ2v) is 5.87. The summed E-state index contributed by atoms with van der Waals surface area (Å²) in [5.74, 6) is -0.209. The Hall–Kier alpha value is -2.39. The molecule has 1 aliphatic rings. The Bertz CT molecular complexity index is 692. The Kier molecular flexibility index (Phi) is 4.89. The Morgan fingerprint density at radius 2 is 1.70 bits per heavy atom. The van der Waals surface area contributed by atoms with Gasteiger partial charge in [0, 0.05) is 13.1 Å². The number of hydrogen-bond acceptors (Lipinski definition) is 3. The topological polar surface area (TPSA) is 29.5 Å². The summed E-state index contributed by atoms with van der Waals surface area (Å²) in [5.41, 5.74) is 4.02. The molecule has 0 radical (unpaired) electrons. The summed E-state index contributed by atoms with van der Waals surface area (Å²) in [6.07, 6.45) is 0.871. The van der Waals surface area contributed by atoms with Crippen LogP contribution in [0.3, 0.4) is 0 Å². The van der Waals surface area contributed by atoms with Gasteiger partial charge in [0.05, 0.1) is 5.57 Å². The molecular weight excluding hydrogens is 286 g/mol. The van der Waals surface area contributed by atoms with Gasteiger partial charge in [-0.2, -0.15) is 0 Å². The fourth-order valence-corrected chi connectivity index (χ4v) is 2.85. The maximum absolute atomic E-state index is 12.6. The molecule has 3 nitrogen and oxygen atoms in total. The molecule has 2 aromatic rings. The second kappa shape index (κ2) is 7.25. The lowest BCUT2D eigenvalue weighted by Gasteiger charge is -2.27. The fourth-order valence-electron chi connectivity index (χ4n) is 2.85. The summed E-state index contributed by atoms with van der Waals surface area (Å²) in [4.78, 5) is 14.8. The Morgan fingerprint density at radius 1 is 1.04 bits per heavy atom. The lowest BCUT2D eigenvalue weighted by molar-refractivity contribution is -0.140. The van der Waals surface area contributed by atoms with Gasteiger partial charge in [-0.15, -0.1) is 0 Å². The van der Waals surface area contributed by atoms with Crippen LogP contribution in [0, 0.1) is 0 Å². The molecule has 0 fully saturated rings. The zero-order valence-electron chi connectivity index (χ0n) is 13.4. The number of carbonyl (C=O) groups excluding carboxylic acids is 1. The van der Waals surface area contributed by atoms with E-state index in [4.69, 9.17) is 4.74 Å². The second-order valence-electron chi connectivity index (χ2n) is 5.87. The molecule has 1 aliphatic heterocycles. The monoisotopic (exact) mass is 307 g/mol. The van der Waals surface area contributed by atoms with E-state index in [0.717, 1.165) is 35.2 Å². The maximum Gasteiger partial charge on any atom is 0.335 e. The van der Waals surface area contributed by atoms with E-state index in [9.17, 15) is 4.79 Å². The van der Waals surface area contributed by atoms with Crippen LogP contribution in [0.2, 0.25) is 0 Å². The molecule has 23 heavy (non-hydrogen) atoms. The van der Waals surface area contributed by atoms with Crippen molar-refractivity contribution in [2.24, 2.45) is 0 Å². The molecule has 0 saturated heterocycles. The SMILES string of the molecule is CN1CCC(c2ccccc2)=C(C(=O)OCc2ccccc2)C1. The highest BCUT2D eigenvalue weighted by atomic mass is 16.5. The van der Waals surface area contributed by atoms with Crippen molar-refractivity contribution in [1.29, 1.82) is 0 Å². The highest BCUT2D eigenvalue weighted by Gasteiger charge is 2.24. The molecule has 2 aromatic carbocycles. The van der Waals surface area contributed by atoms with E-state index in [1.165, 1.54) is 0 Å². The van der Waals surface area contributed by atoms with Gasteiger partial charge in [0.25, 0.3) is 0 Å². The molecule has 0 bridgehead atoms. The summed E-state index contributed by atoms with van der Waals surface area (Å²) in [7, 11) is 2.03. The van der Waals surface area contributed by atoms with Crippen molar-refractivity contribution in [3.63, 3.8) is 0 Å². The third kappa shape index (κ3) is 3.88. The van der Waals surface area contributed by atoms with Gasteiger partial charge in [-0.25, -0.2) is 4.79 Å². The number of rotatable bonds is 4. The fraction of sp³-hybridized carbons (Fsp3) is 0.250. The smallest absolute Gasteiger partial charge is 0.335 e. The average molecular weight is 307 g/mol. The van der Waals surface area contributed by atoms with Crippen molar-refractivity contribution in [2.45, 2.75) is 13.0 Å². The Labute approximate surface area is 137 Å². The van der Waals surface area contributed by atoms with Crippen LogP contribution >= 0.6 is 0 Å². The molecule has 3 heteroatoms. The maximum atomic E-state index is 12.6. The van der Waals surface area contributed by atoms with Gasteiger partial charge in [-0.1, -0.05) is 60.7 Å². The average Bonchev–Trinajstić information content (AvgIpc) is 2.61. The minimum atomic E-state index is -0.209. The first-order valence-electron chi connectivity index (χ1n) is 7.91. The largest absolute Gasteiger partial charge is 0.457 e.